The molecule has 0 radical (unpaired) electrons. The van der Waals surface area contributed by atoms with Gasteiger partial charge >= 0.3 is 0 Å². The van der Waals surface area contributed by atoms with Crippen LogP contribution in [0.3, 0.4) is 0 Å². The zero-order valence-electron chi connectivity index (χ0n) is 14.2. The standard InChI is InChI=1S/C16H24N4O3.2ClH/c1-12-4-6-18-9-14(12)20-16(22)11-23-10-15(21)19-8-13-3-2-5-17-7-13;;/h2-3,5,7,12,14,18H,4,6,8-11H2,1H3,(H,19,21)(H,20,22);2*1H. The van der Waals surface area contributed by atoms with Crippen molar-refractivity contribution in [2.75, 3.05) is 26.3 Å². The third-order valence-corrected chi connectivity index (χ3v) is 3.85. The molecule has 7 nitrogen and oxygen atoms in total. The molecular weight excluding hydrogens is 367 g/mol. The number of carbonyl (C=O) groups is 2. The maximum absolute atomic E-state index is 11.8. The van der Waals surface area contributed by atoms with Gasteiger partial charge < -0.3 is 20.7 Å². The number of nitrogens with zero attached hydrogens (tertiary/aromatic N) is 1. The van der Waals surface area contributed by atoms with Gasteiger partial charge in [0.15, 0.2) is 0 Å². The molecule has 1 saturated heterocycles. The van der Waals surface area contributed by atoms with Gasteiger partial charge in [-0.3, -0.25) is 14.6 Å². The van der Waals surface area contributed by atoms with Crippen LogP contribution < -0.4 is 16.0 Å². The maximum Gasteiger partial charge on any atom is 0.246 e. The Bertz CT molecular complexity index is 519. The second-order valence-corrected chi connectivity index (χ2v) is 5.77. The molecule has 25 heavy (non-hydrogen) atoms. The van der Waals surface area contributed by atoms with E-state index in [1.807, 2.05) is 12.1 Å². The average Bonchev–Trinajstić information content (AvgIpc) is 2.56. The third-order valence-electron chi connectivity index (χ3n) is 3.85. The van der Waals surface area contributed by atoms with Crippen LogP contribution in [0, 0.1) is 5.92 Å². The molecule has 1 fully saturated rings. The number of halogens is 2. The van der Waals surface area contributed by atoms with E-state index in [1.54, 1.807) is 12.4 Å². The molecule has 142 valence electrons. The van der Waals surface area contributed by atoms with Crippen molar-refractivity contribution in [1.82, 2.24) is 20.9 Å². The van der Waals surface area contributed by atoms with Crippen molar-refractivity contribution in [1.29, 1.82) is 0 Å². The van der Waals surface area contributed by atoms with Crippen molar-refractivity contribution in [3.05, 3.63) is 30.1 Å². The van der Waals surface area contributed by atoms with E-state index in [0.29, 0.717) is 12.5 Å². The normalized spacial score (nSPS) is 19.1. The van der Waals surface area contributed by atoms with Gasteiger partial charge in [0.2, 0.25) is 11.8 Å². The number of hydrogen-bond acceptors (Lipinski definition) is 5. The van der Waals surface area contributed by atoms with Crippen LogP contribution in [0.2, 0.25) is 0 Å². The van der Waals surface area contributed by atoms with Gasteiger partial charge in [-0.2, -0.15) is 0 Å². The zero-order valence-corrected chi connectivity index (χ0v) is 15.8. The van der Waals surface area contributed by atoms with Crippen molar-refractivity contribution < 1.29 is 14.3 Å². The highest BCUT2D eigenvalue weighted by molar-refractivity contribution is 5.85. The van der Waals surface area contributed by atoms with Crippen LogP contribution in [0.4, 0.5) is 0 Å². The number of rotatable bonds is 7. The van der Waals surface area contributed by atoms with Gasteiger partial charge in [-0.05, 0) is 30.5 Å². The Morgan fingerprint density at radius 2 is 2.08 bits per heavy atom. The molecule has 2 rings (SSSR count). The van der Waals surface area contributed by atoms with Gasteiger partial charge in [-0.15, -0.1) is 24.8 Å². The van der Waals surface area contributed by atoms with E-state index in [2.05, 4.69) is 27.9 Å². The highest BCUT2D eigenvalue weighted by Gasteiger charge is 2.22. The second kappa shape index (κ2) is 12.9. The topological polar surface area (TPSA) is 92.4 Å². The lowest BCUT2D eigenvalue weighted by Crippen LogP contribution is -2.51. The van der Waals surface area contributed by atoms with Crippen molar-refractivity contribution >= 4 is 36.6 Å². The summed E-state index contributed by atoms with van der Waals surface area (Å²) < 4.78 is 5.16. The number of amides is 2. The van der Waals surface area contributed by atoms with Gasteiger partial charge in [0.05, 0.1) is 0 Å². The van der Waals surface area contributed by atoms with Gasteiger partial charge in [0.1, 0.15) is 13.2 Å². The Hall–Kier alpha value is -1.41. The predicted octanol–water partition coefficient (Wildman–Crippen LogP) is 0.672. The van der Waals surface area contributed by atoms with Crippen LogP contribution in [-0.2, 0) is 20.9 Å². The van der Waals surface area contributed by atoms with E-state index < -0.39 is 0 Å². The Kier molecular flexibility index (Phi) is 12.2. The number of hydrogen-bond donors (Lipinski definition) is 3. The molecule has 2 amide bonds. The summed E-state index contributed by atoms with van der Waals surface area (Å²) in [6, 6.07) is 3.81. The summed E-state index contributed by atoms with van der Waals surface area (Å²) in [5.41, 5.74) is 0.914. The van der Waals surface area contributed by atoms with Gasteiger partial charge in [-0.25, -0.2) is 0 Å². The fourth-order valence-corrected chi connectivity index (χ4v) is 2.42. The molecule has 0 aromatic carbocycles. The number of ether oxygens (including phenoxy) is 1. The summed E-state index contributed by atoms with van der Waals surface area (Å²) in [5.74, 6) is 0.00273. The number of nitrogens with one attached hydrogen (secondary N) is 3. The quantitative estimate of drug-likeness (QED) is 0.634. The average molecular weight is 393 g/mol. The predicted molar refractivity (Wildman–Crippen MR) is 100.0 cm³/mol. The summed E-state index contributed by atoms with van der Waals surface area (Å²) in [4.78, 5) is 27.4. The van der Waals surface area contributed by atoms with E-state index in [-0.39, 0.29) is 55.9 Å². The van der Waals surface area contributed by atoms with E-state index in [1.165, 1.54) is 0 Å². The summed E-state index contributed by atoms with van der Waals surface area (Å²) in [7, 11) is 0. The smallest absolute Gasteiger partial charge is 0.246 e. The second-order valence-electron chi connectivity index (χ2n) is 5.77. The van der Waals surface area contributed by atoms with Crippen LogP contribution in [0.25, 0.3) is 0 Å². The number of aromatic nitrogens is 1. The molecule has 1 aliphatic rings. The number of piperidine rings is 1. The molecule has 9 heteroatoms. The van der Waals surface area contributed by atoms with E-state index in [0.717, 1.165) is 25.1 Å². The van der Waals surface area contributed by atoms with Crippen LogP contribution >= 0.6 is 24.8 Å². The minimum absolute atomic E-state index is 0. The third kappa shape index (κ3) is 9.02. The largest absolute Gasteiger partial charge is 0.362 e. The Morgan fingerprint density at radius 1 is 1.32 bits per heavy atom. The lowest BCUT2D eigenvalue weighted by atomic mass is 9.95. The van der Waals surface area contributed by atoms with Crippen molar-refractivity contribution in [3.63, 3.8) is 0 Å². The van der Waals surface area contributed by atoms with Crippen LogP contribution in [0.1, 0.15) is 18.9 Å². The Labute approximate surface area is 160 Å². The van der Waals surface area contributed by atoms with Gasteiger partial charge in [0, 0.05) is 31.5 Å². The highest BCUT2D eigenvalue weighted by Crippen LogP contribution is 2.10. The lowest BCUT2D eigenvalue weighted by molar-refractivity contribution is -0.131. The summed E-state index contributed by atoms with van der Waals surface area (Å²) in [6.07, 6.45) is 4.41. The molecule has 1 aliphatic heterocycles. The van der Waals surface area contributed by atoms with E-state index >= 15 is 0 Å². The van der Waals surface area contributed by atoms with Crippen molar-refractivity contribution in [2.24, 2.45) is 5.92 Å². The SMILES string of the molecule is CC1CCNCC1NC(=O)COCC(=O)NCc1cccnc1.Cl.Cl. The first kappa shape index (κ1) is 23.6. The summed E-state index contributed by atoms with van der Waals surface area (Å²) in [6.45, 7) is 4.04. The van der Waals surface area contributed by atoms with E-state index in [4.69, 9.17) is 4.74 Å². The zero-order chi connectivity index (χ0) is 16.5. The van der Waals surface area contributed by atoms with Gasteiger partial charge in [-0.1, -0.05) is 13.0 Å². The molecule has 3 N–H and O–H groups in total. The summed E-state index contributed by atoms with van der Waals surface area (Å²) in [5, 5.41) is 8.90. The summed E-state index contributed by atoms with van der Waals surface area (Å²) >= 11 is 0. The molecule has 2 atom stereocenters. The van der Waals surface area contributed by atoms with Crippen molar-refractivity contribution in [2.45, 2.75) is 25.9 Å². The lowest BCUT2D eigenvalue weighted by Gasteiger charge is -2.30. The minimum Gasteiger partial charge on any atom is -0.362 e. The van der Waals surface area contributed by atoms with Gasteiger partial charge in [0.25, 0.3) is 0 Å². The first-order valence-electron chi connectivity index (χ1n) is 7.88. The molecule has 0 spiro atoms. The Morgan fingerprint density at radius 3 is 2.76 bits per heavy atom. The van der Waals surface area contributed by atoms with Crippen LogP contribution in [0.15, 0.2) is 24.5 Å². The maximum atomic E-state index is 11.8. The molecule has 2 unspecified atom stereocenters. The fraction of sp³-hybridized carbons (Fsp3) is 0.562. The Balaban J connectivity index is 0.00000288. The molecule has 2 heterocycles. The molecule has 0 bridgehead atoms. The highest BCUT2D eigenvalue weighted by atomic mass is 35.5. The van der Waals surface area contributed by atoms with Crippen LogP contribution in [-0.4, -0.2) is 49.1 Å². The first-order valence-corrected chi connectivity index (χ1v) is 7.88. The van der Waals surface area contributed by atoms with E-state index in [9.17, 15) is 9.59 Å². The molecule has 0 saturated carbocycles. The number of carbonyl (C=O) groups excluding carboxylic acids is 2. The number of pyridine rings is 1. The monoisotopic (exact) mass is 392 g/mol. The van der Waals surface area contributed by atoms with Crippen molar-refractivity contribution in [3.8, 4) is 0 Å². The van der Waals surface area contributed by atoms with Crippen LogP contribution in [0.5, 0.6) is 0 Å². The molecule has 1 aromatic heterocycles. The fourth-order valence-electron chi connectivity index (χ4n) is 2.42. The molecule has 1 aromatic rings. The minimum atomic E-state index is -0.255. The molecule has 0 aliphatic carbocycles. The molecular formula is C16H26Cl2N4O3. The first-order chi connectivity index (χ1) is 11.1.